The minimum Gasteiger partial charge on any atom is -0.241 e. The van der Waals surface area contributed by atoms with Crippen LogP contribution in [0.4, 0.5) is 0 Å². The first-order chi connectivity index (χ1) is 4.38. The van der Waals surface area contributed by atoms with Gasteiger partial charge in [-0.3, -0.25) is 0 Å². The van der Waals surface area contributed by atoms with Crippen LogP contribution in [0.5, 0.6) is 0 Å². The summed E-state index contributed by atoms with van der Waals surface area (Å²) in [4.78, 5) is 0. The van der Waals surface area contributed by atoms with Crippen molar-refractivity contribution in [3.63, 3.8) is 0 Å². The summed E-state index contributed by atoms with van der Waals surface area (Å²) in [6, 6.07) is 2.01. The molecule has 0 saturated carbocycles. The van der Waals surface area contributed by atoms with E-state index in [-0.39, 0.29) is 0 Å². The van der Waals surface area contributed by atoms with Gasteiger partial charge in [0.2, 0.25) is 0 Å². The Bertz CT molecular complexity index is 172. The van der Waals surface area contributed by atoms with E-state index in [1.165, 1.54) is 5.69 Å². The highest BCUT2D eigenvalue weighted by Gasteiger charge is 1.95. The van der Waals surface area contributed by atoms with Gasteiger partial charge in [-0.2, -0.15) is 5.10 Å². The van der Waals surface area contributed by atoms with E-state index in [9.17, 15) is 0 Å². The topological polar surface area (TPSA) is 17.8 Å². The molecule has 0 bridgehead atoms. The lowest BCUT2D eigenvalue weighted by Gasteiger charge is -1.96. The summed E-state index contributed by atoms with van der Waals surface area (Å²) < 4.78 is 1.98. The zero-order chi connectivity index (χ0) is 6.69. The van der Waals surface area contributed by atoms with Crippen LogP contribution in [0.1, 0.15) is 5.69 Å². The Morgan fingerprint density at radius 1 is 1.89 bits per heavy atom. The minimum atomic E-state index is 0.706. The van der Waals surface area contributed by atoms with E-state index in [1.807, 2.05) is 16.7 Å². The van der Waals surface area contributed by atoms with E-state index >= 15 is 0 Å². The van der Waals surface area contributed by atoms with Crippen LogP contribution in [0.15, 0.2) is 12.3 Å². The first-order valence-corrected chi connectivity index (χ1v) is 7.52. The number of halogens is 2. The second-order valence-electron chi connectivity index (χ2n) is 1.45. The van der Waals surface area contributed by atoms with Crippen LogP contribution in [0.3, 0.4) is 0 Å². The summed E-state index contributed by atoms with van der Waals surface area (Å²) >= 11 is 5.67. The molecule has 1 unspecified atom stereocenters. The third kappa shape index (κ3) is 1.88. The number of alkyl halides is 1. The van der Waals surface area contributed by atoms with Gasteiger partial charge in [0.1, 0.15) is 0 Å². The van der Waals surface area contributed by atoms with E-state index in [0.717, 1.165) is 5.33 Å². The molecule has 0 amide bonds. The second kappa shape index (κ2) is 3.88. The SMILES string of the molecule is BrCc1ccnn1PI. The molecule has 1 heterocycles. The van der Waals surface area contributed by atoms with Gasteiger partial charge in [0.05, 0.1) is 12.1 Å². The van der Waals surface area contributed by atoms with Crippen LogP contribution < -0.4 is 0 Å². The summed E-state index contributed by atoms with van der Waals surface area (Å²) in [6.45, 7) is 0. The molecule has 0 aromatic carbocycles. The lowest BCUT2D eigenvalue weighted by molar-refractivity contribution is 0.964. The van der Waals surface area contributed by atoms with Crippen molar-refractivity contribution in [3.8, 4) is 0 Å². The summed E-state index contributed by atoms with van der Waals surface area (Å²) in [6.07, 6.45) is 2.53. The Kier molecular flexibility index (Phi) is 3.43. The fourth-order valence-corrected chi connectivity index (χ4v) is 2.84. The van der Waals surface area contributed by atoms with Gasteiger partial charge in [-0.1, -0.05) is 15.9 Å². The third-order valence-corrected chi connectivity index (χ3v) is 3.45. The summed E-state index contributed by atoms with van der Waals surface area (Å²) in [5, 5.41) is 4.99. The molecule has 1 aromatic heterocycles. The molecule has 5 heteroatoms. The molecule has 0 radical (unpaired) electrons. The van der Waals surface area contributed by atoms with Gasteiger partial charge >= 0.3 is 0 Å². The van der Waals surface area contributed by atoms with Crippen molar-refractivity contribution in [3.05, 3.63) is 18.0 Å². The van der Waals surface area contributed by atoms with E-state index in [1.54, 1.807) is 0 Å². The zero-order valence-electron chi connectivity index (χ0n) is 4.51. The van der Waals surface area contributed by atoms with Crippen LogP contribution >= 0.6 is 44.3 Å². The molecule has 50 valence electrons. The molecule has 0 aliphatic heterocycles. The molecule has 1 aromatic rings. The molecule has 9 heavy (non-hydrogen) atoms. The maximum atomic E-state index is 4.10. The van der Waals surface area contributed by atoms with Crippen molar-refractivity contribution in [1.82, 2.24) is 9.55 Å². The molecule has 1 atom stereocenters. The number of rotatable bonds is 2. The predicted octanol–water partition coefficient (Wildman–Crippen LogP) is 2.57. The lowest BCUT2D eigenvalue weighted by Crippen LogP contribution is -1.87. The van der Waals surface area contributed by atoms with Gasteiger partial charge in [0.25, 0.3) is 0 Å². The first-order valence-electron chi connectivity index (χ1n) is 2.34. The zero-order valence-corrected chi connectivity index (χ0v) is 9.26. The Morgan fingerprint density at radius 2 is 2.67 bits per heavy atom. The molecule has 0 N–H and O–H groups in total. The highest BCUT2D eigenvalue weighted by molar-refractivity contribution is 14.2. The van der Waals surface area contributed by atoms with Gasteiger partial charge < -0.3 is 0 Å². The Labute approximate surface area is 76.8 Å². The summed E-state index contributed by atoms with van der Waals surface area (Å²) in [7, 11) is 0. The smallest absolute Gasteiger partial charge is 0.0680 e. The van der Waals surface area contributed by atoms with E-state index in [2.05, 4.69) is 43.1 Å². The minimum absolute atomic E-state index is 0.706. The standard InChI is InChI=1S/C4H5BrIN2P/c5-3-4-1-2-7-8(4)9-6/h1-2,9H,3H2. The molecule has 2 nitrogen and oxygen atoms in total. The number of aromatic nitrogens is 2. The average molecular weight is 319 g/mol. The lowest BCUT2D eigenvalue weighted by atomic mass is 10.5. The maximum Gasteiger partial charge on any atom is 0.0680 e. The fraction of sp³-hybridized carbons (Fsp3) is 0.250. The Morgan fingerprint density at radius 3 is 3.11 bits per heavy atom. The molecule has 0 aliphatic rings. The first kappa shape index (κ1) is 7.95. The van der Waals surface area contributed by atoms with Gasteiger partial charge in [-0.05, 0) is 28.1 Å². The van der Waals surface area contributed by atoms with Crippen molar-refractivity contribution in [2.45, 2.75) is 5.33 Å². The highest BCUT2D eigenvalue weighted by Crippen LogP contribution is 2.25. The van der Waals surface area contributed by atoms with Crippen LogP contribution in [0.25, 0.3) is 0 Å². The van der Waals surface area contributed by atoms with E-state index in [0.29, 0.717) is 6.37 Å². The third-order valence-electron chi connectivity index (χ3n) is 0.938. The fourth-order valence-electron chi connectivity index (χ4n) is 0.508. The van der Waals surface area contributed by atoms with Crippen LogP contribution in [-0.4, -0.2) is 9.55 Å². The summed E-state index contributed by atoms with van der Waals surface area (Å²) in [5.74, 6) is 0. The van der Waals surface area contributed by atoms with Crippen molar-refractivity contribution >= 4 is 44.3 Å². The van der Waals surface area contributed by atoms with Gasteiger partial charge in [0.15, 0.2) is 0 Å². The number of hydrogen-bond acceptors (Lipinski definition) is 1. The molecule has 0 fully saturated rings. The molecular weight excluding hydrogens is 314 g/mol. The molecule has 0 saturated heterocycles. The Hall–Kier alpha value is 0.850. The quantitative estimate of drug-likeness (QED) is 0.465. The van der Waals surface area contributed by atoms with E-state index in [4.69, 9.17) is 0 Å². The molecule has 0 spiro atoms. The molecule has 1 rings (SSSR count). The van der Waals surface area contributed by atoms with Gasteiger partial charge in [-0.15, -0.1) is 0 Å². The normalized spacial score (nSPS) is 11.3. The monoisotopic (exact) mass is 318 g/mol. The van der Waals surface area contributed by atoms with Crippen molar-refractivity contribution < 1.29 is 0 Å². The van der Waals surface area contributed by atoms with Gasteiger partial charge in [-0.25, -0.2) is 4.45 Å². The second-order valence-corrected chi connectivity index (χ2v) is 4.05. The van der Waals surface area contributed by atoms with Crippen LogP contribution in [0.2, 0.25) is 0 Å². The van der Waals surface area contributed by atoms with Crippen molar-refractivity contribution in [2.24, 2.45) is 0 Å². The Balaban J connectivity index is 2.85. The van der Waals surface area contributed by atoms with Crippen molar-refractivity contribution in [1.29, 1.82) is 0 Å². The summed E-state index contributed by atoms with van der Waals surface area (Å²) in [5.41, 5.74) is 1.24. The number of nitrogens with zero attached hydrogens (tertiary/aromatic N) is 2. The highest BCUT2D eigenvalue weighted by atomic mass is 127. The van der Waals surface area contributed by atoms with Gasteiger partial charge in [0, 0.05) is 11.5 Å². The predicted molar refractivity (Wildman–Crippen MR) is 52.6 cm³/mol. The van der Waals surface area contributed by atoms with Crippen LogP contribution in [0, 0.1) is 0 Å². The maximum absolute atomic E-state index is 4.10. The number of hydrogen-bond donors (Lipinski definition) is 0. The van der Waals surface area contributed by atoms with Crippen molar-refractivity contribution in [2.75, 3.05) is 0 Å². The van der Waals surface area contributed by atoms with Crippen LogP contribution in [-0.2, 0) is 5.33 Å². The largest absolute Gasteiger partial charge is 0.241 e. The molecular formula is C4H5BrIN2P. The average Bonchev–Trinajstić information content (AvgIpc) is 2.33. The van der Waals surface area contributed by atoms with E-state index < -0.39 is 0 Å². The molecule has 0 aliphatic carbocycles.